The summed E-state index contributed by atoms with van der Waals surface area (Å²) in [7, 11) is 0. The molecule has 0 radical (unpaired) electrons. The number of fused-ring (bicyclic) bond motifs is 1. The molecule has 0 aromatic heterocycles. The van der Waals surface area contributed by atoms with E-state index in [1.54, 1.807) is 0 Å². The third-order valence-electron chi connectivity index (χ3n) is 4.70. The lowest BCUT2D eigenvalue weighted by molar-refractivity contribution is 0.201. The van der Waals surface area contributed by atoms with Gasteiger partial charge in [0.15, 0.2) is 0 Å². The molecule has 18 heavy (non-hydrogen) atoms. The Labute approximate surface area is 109 Å². The maximum Gasteiger partial charge on any atom is 0.0502 e. The summed E-state index contributed by atoms with van der Waals surface area (Å²) >= 11 is 0. The molecule has 1 aliphatic heterocycles. The molecule has 3 rings (SSSR count). The number of benzene rings is 1. The standard InChI is InChI=1S/C16H23NO/c18-11-16(13-6-8-17-9-7-13)15-5-4-12-2-1-3-14(12)10-15/h4-5,10,13,16-18H,1-3,6-9,11H2. The zero-order valence-electron chi connectivity index (χ0n) is 11.0. The van der Waals surface area contributed by atoms with Crippen LogP contribution in [0.3, 0.4) is 0 Å². The van der Waals surface area contributed by atoms with E-state index < -0.39 is 0 Å². The van der Waals surface area contributed by atoms with Crippen LogP contribution in [0.25, 0.3) is 0 Å². The van der Waals surface area contributed by atoms with Gasteiger partial charge >= 0.3 is 0 Å². The molecule has 1 atom stereocenters. The smallest absolute Gasteiger partial charge is 0.0502 e. The van der Waals surface area contributed by atoms with Gasteiger partial charge in [-0.1, -0.05) is 18.2 Å². The van der Waals surface area contributed by atoms with Crippen molar-refractivity contribution in [2.45, 2.75) is 38.0 Å². The monoisotopic (exact) mass is 245 g/mol. The molecule has 2 nitrogen and oxygen atoms in total. The van der Waals surface area contributed by atoms with Crippen molar-refractivity contribution in [2.75, 3.05) is 19.7 Å². The summed E-state index contributed by atoms with van der Waals surface area (Å²) in [6, 6.07) is 6.92. The molecular formula is C16H23NO. The number of aliphatic hydroxyl groups is 1. The lowest BCUT2D eigenvalue weighted by Crippen LogP contribution is -2.32. The third-order valence-corrected chi connectivity index (χ3v) is 4.70. The normalized spacial score (nSPS) is 21.8. The number of nitrogens with one attached hydrogen (secondary N) is 1. The Morgan fingerprint density at radius 1 is 1.17 bits per heavy atom. The van der Waals surface area contributed by atoms with E-state index in [9.17, 15) is 5.11 Å². The molecule has 1 saturated heterocycles. The van der Waals surface area contributed by atoms with Gasteiger partial charge in [0.2, 0.25) is 0 Å². The first kappa shape index (κ1) is 12.2. The molecule has 1 aromatic rings. The zero-order valence-corrected chi connectivity index (χ0v) is 11.0. The second-order valence-electron chi connectivity index (χ2n) is 5.76. The minimum absolute atomic E-state index is 0.295. The minimum atomic E-state index is 0.295. The van der Waals surface area contributed by atoms with Crippen LogP contribution >= 0.6 is 0 Å². The van der Waals surface area contributed by atoms with E-state index in [1.807, 2.05) is 0 Å². The van der Waals surface area contributed by atoms with E-state index in [-0.39, 0.29) is 0 Å². The molecule has 1 heterocycles. The van der Waals surface area contributed by atoms with E-state index in [4.69, 9.17) is 0 Å². The molecule has 0 amide bonds. The summed E-state index contributed by atoms with van der Waals surface area (Å²) < 4.78 is 0. The Hall–Kier alpha value is -0.860. The molecule has 1 aromatic carbocycles. The molecule has 2 N–H and O–H groups in total. The summed E-state index contributed by atoms with van der Waals surface area (Å²) in [5, 5.41) is 13.2. The van der Waals surface area contributed by atoms with Crippen LogP contribution in [0.2, 0.25) is 0 Å². The predicted molar refractivity (Wildman–Crippen MR) is 73.9 cm³/mol. The Morgan fingerprint density at radius 3 is 2.72 bits per heavy atom. The van der Waals surface area contributed by atoms with Gasteiger partial charge in [-0.25, -0.2) is 0 Å². The first-order valence-electron chi connectivity index (χ1n) is 7.32. The number of hydrogen-bond acceptors (Lipinski definition) is 2. The summed E-state index contributed by atoms with van der Waals surface area (Å²) in [5.41, 5.74) is 4.42. The molecule has 2 heteroatoms. The highest BCUT2D eigenvalue weighted by molar-refractivity contribution is 5.37. The zero-order chi connectivity index (χ0) is 12.4. The Balaban J connectivity index is 1.82. The SMILES string of the molecule is OCC(c1ccc2c(c1)CCC2)C1CCNCC1. The summed E-state index contributed by atoms with van der Waals surface area (Å²) in [4.78, 5) is 0. The maximum atomic E-state index is 9.76. The van der Waals surface area contributed by atoms with Gasteiger partial charge in [-0.2, -0.15) is 0 Å². The molecule has 0 saturated carbocycles. The molecule has 98 valence electrons. The van der Waals surface area contributed by atoms with Crippen molar-refractivity contribution in [1.82, 2.24) is 5.32 Å². The van der Waals surface area contributed by atoms with Gasteiger partial charge in [-0.05, 0) is 67.8 Å². The van der Waals surface area contributed by atoms with Crippen LogP contribution in [0.15, 0.2) is 18.2 Å². The molecule has 1 unspecified atom stereocenters. The van der Waals surface area contributed by atoms with Gasteiger partial charge in [-0.3, -0.25) is 0 Å². The number of piperidine rings is 1. The number of aliphatic hydroxyl groups excluding tert-OH is 1. The number of aryl methyl sites for hydroxylation is 2. The lowest BCUT2D eigenvalue weighted by atomic mass is 9.80. The van der Waals surface area contributed by atoms with E-state index >= 15 is 0 Å². The highest BCUT2D eigenvalue weighted by atomic mass is 16.3. The quantitative estimate of drug-likeness (QED) is 0.856. The van der Waals surface area contributed by atoms with Gasteiger partial charge in [0.25, 0.3) is 0 Å². The third kappa shape index (κ3) is 2.32. The summed E-state index contributed by atoms with van der Waals surface area (Å²) in [5.74, 6) is 0.994. The van der Waals surface area contributed by atoms with Crippen molar-refractivity contribution in [2.24, 2.45) is 5.92 Å². The fourth-order valence-corrected chi connectivity index (χ4v) is 3.60. The predicted octanol–water partition coefficient (Wildman–Crippen LogP) is 2.25. The van der Waals surface area contributed by atoms with Crippen molar-refractivity contribution < 1.29 is 5.11 Å². The van der Waals surface area contributed by atoms with Gasteiger partial charge in [0.05, 0.1) is 6.61 Å². The lowest BCUT2D eigenvalue weighted by Gasteiger charge is -2.30. The summed E-state index contributed by atoms with van der Waals surface area (Å²) in [6.07, 6.45) is 6.17. The minimum Gasteiger partial charge on any atom is -0.396 e. The van der Waals surface area contributed by atoms with Crippen LogP contribution in [0.5, 0.6) is 0 Å². The van der Waals surface area contributed by atoms with E-state index in [1.165, 1.54) is 48.8 Å². The topological polar surface area (TPSA) is 32.3 Å². The van der Waals surface area contributed by atoms with Crippen LogP contribution in [0.4, 0.5) is 0 Å². The summed E-state index contributed by atoms with van der Waals surface area (Å²) in [6.45, 7) is 2.50. The number of rotatable bonds is 3. The average Bonchev–Trinajstić information content (AvgIpc) is 2.88. The van der Waals surface area contributed by atoms with Crippen molar-refractivity contribution >= 4 is 0 Å². The molecule has 0 bridgehead atoms. The van der Waals surface area contributed by atoms with Crippen LogP contribution in [-0.2, 0) is 12.8 Å². The van der Waals surface area contributed by atoms with Crippen molar-refractivity contribution in [1.29, 1.82) is 0 Å². The van der Waals surface area contributed by atoms with Gasteiger partial charge in [0, 0.05) is 5.92 Å². The van der Waals surface area contributed by atoms with Crippen LogP contribution in [-0.4, -0.2) is 24.8 Å². The van der Waals surface area contributed by atoms with Crippen molar-refractivity contribution in [3.63, 3.8) is 0 Å². The fourth-order valence-electron chi connectivity index (χ4n) is 3.60. The van der Waals surface area contributed by atoms with Crippen LogP contribution in [0, 0.1) is 5.92 Å². The molecule has 1 aliphatic carbocycles. The van der Waals surface area contributed by atoms with Gasteiger partial charge < -0.3 is 10.4 Å². The van der Waals surface area contributed by atoms with Crippen LogP contribution in [0.1, 0.15) is 41.9 Å². The average molecular weight is 245 g/mol. The molecule has 2 aliphatic rings. The number of hydrogen-bond donors (Lipinski definition) is 2. The van der Waals surface area contributed by atoms with Gasteiger partial charge in [0.1, 0.15) is 0 Å². The Morgan fingerprint density at radius 2 is 1.94 bits per heavy atom. The van der Waals surface area contributed by atoms with E-state index in [0.29, 0.717) is 18.4 Å². The van der Waals surface area contributed by atoms with E-state index in [0.717, 1.165) is 13.1 Å². The van der Waals surface area contributed by atoms with E-state index in [2.05, 4.69) is 23.5 Å². The first-order chi connectivity index (χ1) is 8.88. The van der Waals surface area contributed by atoms with Crippen molar-refractivity contribution in [3.05, 3.63) is 34.9 Å². The maximum absolute atomic E-state index is 9.76. The molecule has 1 fully saturated rings. The fraction of sp³-hybridized carbons (Fsp3) is 0.625. The highest BCUT2D eigenvalue weighted by Crippen LogP contribution is 2.33. The Bertz CT molecular complexity index is 410. The second-order valence-corrected chi connectivity index (χ2v) is 5.76. The van der Waals surface area contributed by atoms with Crippen molar-refractivity contribution in [3.8, 4) is 0 Å². The molecule has 0 spiro atoms. The Kier molecular flexibility index (Phi) is 3.67. The largest absolute Gasteiger partial charge is 0.396 e. The highest BCUT2D eigenvalue weighted by Gasteiger charge is 2.25. The second kappa shape index (κ2) is 5.41. The van der Waals surface area contributed by atoms with Gasteiger partial charge in [-0.15, -0.1) is 0 Å². The van der Waals surface area contributed by atoms with Crippen LogP contribution < -0.4 is 5.32 Å². The first-order valence-corrected chi connectivity index (χ1v) is 7.32. The molecular weight excluding hydrogens is 222 g/mol.